The molecule has 0 radical (unpaired) electrons. The van der Waals surface area contributed by atoms with Gasteiger partial charge in [0.25, 0.3) is 0 Å². The summed E-state index contributed by atoms with van der Waals surface area (Å²) in [5.74, 6) is 0.745. The maximum absolute atomic E-state index is 12.0. The fourth-order valence-electron chi connectivity index (χ4n) is 2.07. The molecule has 0 aliphatic heterocycles. The van der Waals surface area contributed by atoms with Crippen LogP contribution in [-0.2, 0) is 11.2 Å². The minimum atomic E-state index is -0.0256. The number of benzene rings is 1. The lowest BCUT2D eigenvalue weighted by molar-refractivity contribution is -0.117. The lowest BCUT2D eigenvalue weighted by atomic mass is 10.2. The van der Waals surface area contributed by atoms with E-state index in [-0.39, 0.29) is 5.91 Å². The number of aromatic nitrogens is 1. The Morgan fingerprint density at radius 3 is 2.50 bits per heavy atom. The van der Waals surface area contributed by atoms with Gasteiger partial charge in [0.1, 0.15) is 5.75 Å². The smallest absolute Gasteiger partial charge is 0.238 e. The number of hydrogen-bond donors (Lipinski definition) is 1. The van der Waals surface area contributed by atoms with E-state index in [2.05, 4.69) is 10.3 Å². The molecule has 0 fully saturated rings. The van der Waals surface area contributed by atoms with Crippen LogP contribution in [0.3, 0.4) is 0 Å². The lowest BCUT2D eigenvalue weighted by Crippen LogP contribution is -2.31. The predicted molar refractivity (Wildman–Crippen MR) is 87.1 cm³/mol. The van der Waals surface area contributed by atoms with Crippen molar-refractivity contribution in [1.29, 1.82) is 0 Å². The fraction of sp³-hybridized carbons (Fsp3) is 0.294. The summed E-state index contributed by atoms with van der Waals surface area (Å²) < 4.78 is 5.09. The number of carbonyl (C=O) groups excluding carboxylic acids is 1. The molecule has 0 unspecified atom stereocenters. The number of carbonyl (C=O) groups is 1. The first-order valence-corrected chi connectivity index (χ1v) is 7.19. The van der Waals surface area contributed by atoms with E-state index in [0.717, 1.165) is 24.4 Å². The molecular weight excluding hydrogens is 278 g/mol. The predicted octanol–water partition coefficient (Wildman–Crippen LogP) is 2.20. The molecular formula is C17H21N3O2. The summed E-state index contributed by atoms with van der Waals surface area (Å²) in [6.45, 7) is 1.18. The van der Waals surface area contributed by atoms with E-state index in [0.29, 0.717) is 6.54 Å². The fourth-order valence-corrected chi connectivity index (χ4v) is 2.07. The summed E-state index contributed by atoms with van der Waals surface area (Å²) in [4.78, 5) is 18.0. The summed E-state index contributed by atoms with van der Waals surface area (Å²) >= 11 is 0. The monoisotopic (exact) mass is 299 g/mol. The largest absolute Gasteiger partial charge is 0.497 e. The molecule has 0 aliphatic carbocycles. The second-order valence-corrected chi connectivity index (χ2v) is 5.12. The van der Waals surface area contributed by atoms with Crippen molar-refractivity contribution in [3.8, 4) is 5.75 Å². The first-order chi connectivity index (χ1) is 10.7. The van der Waals surface area contributed by atoms with Crippen LogP contribution in [0.5, 0.6) is 5.75 Å². The molecule has 1 aromatic heterocycles. The van der Waals surface area contributed by atoms with E-state index in [1.807, 2.05) is 48.3 Å². The molecule has 0 bridgehead atoms. The Kier molecular flexibility index (Phi) is 5.91. The number of anilines is 1. The highest BCUT2D eigenvalue weighted by Gasteiger charge is 2.07. The second kappa shape index (κ2) is 8.14. The third kappa shape index (κ3) is 5.18. The van der Waals surface area contributed by atoms with Crippen molar-refractivity contribution in [1.82, 2.24) is 9.88 Å². The van der Waals surface area contributed by atoms with Gasteiger partial charge in [-0.15, -0.1) is 0 Å². The molecule has 116 valence electrons. The average molecular weight is 299 g/mol. The maximum atomic E-state index is 12.0. The van der Waals surface area contributed by atoms with E-state index in [1.165, 1.54) is 5.56 Å². The summed E-state index contributed by atoms with van der Waals surface area (Å²) in [6, 6.07) is 11.3. The number of methoxy groups -OCH3 is 1. The molecule has 0 aliphatic rings. The average Bonchev–Trinajstić information content (AvgIpc) is 2.54. The molecule has 5 nitrogen and oxygen atoms in total. The molecule has 5 heteroatoms. The maximum Gasteiger partial charge on any atom is 0.238 e. The minimum absolute atomic E-state index is 0.0256. The molecule has 0 atom stereocenters. The van der Waals surface area contributed by atoms with Crippen molar-refractivity contribution < 1.29 is 9.53 Å². The normalized spacial score (nSPS) is 10.5. The highest BCUT2D eigenvalue weighted by atomic mass is 16.5. The Balaban J connectivity index is 1.75. The van der Waals surface area contributed by atoms with E-state index in [9.17, 15) is 4.79 Å². The first kappa shape index (κ1) is 16.0. The molecule has 2 aromatic rings. The Hall–Kier alpha value is -2.40. The number of ether oxygens (including phenoxy) is 1. The van der Waals surface area contributed by atoms with Gasteiger partial charge < -0.3 is 10.1 Å². The third-order valence-electron chi connectivity index (χ3n) is 3.32. The zero-order valence-electron chi connectivity index (χ0n) is 13.0. The van der Waals surface area contributed by atoms with Crippen LogP contribution in [0.2, 0.25) is 0 Å². The topological polar surface area (TPSA) is 54.5 Å². The second-order valence-electron chi connectivity index (χ2n) is 5.12. The van der Waals surface area contributed by atoms with Gasteiger partial charge in [-0.05, 0) is 55.4 Å². The number of rotatable bonds is 7. The summed E-state index contributed by atoms with van der Waals surface area (Å²) in [6.07, 6.45) is 4.46. The van der Waals surface area contributed by atoms with Gasteiger partial charge in [0.05, 0.1) is 13.7 Å². The van der Waals surface area contributed by atoms with Crippen molar-refractivity contribution >= 4 is 11.6 Å². The van der Waals surface area contributed by atoms with Crippen molar-refractivity contribution in [2.75, 3.05) is 32.6 Å². The number of amides is 1. The van der Waals surface area contributed by atoms with E-state index >= 15 is 0 Å². The van der Waals surface area contributed by atoms with Crippen LogP contribution < -0.4 is 10.1 Å². The number of likely N-dealkylation sites (N-methyl/N-ethyl adjacent to an activating group) is 1. The van der Waals surface area contributed by atoms with Gasteiger partial charge in [-0.25, -0.2) is 0 Å². The summed E-state index contributed by atoms with van der Waals surface area (Å²) in [7, 11) is 3.56. The summed E-state index contributed by atoms with van der Waals surface area (Å²) in [5.41, 5.74) is 1.99. The van der Waals surface area contributed by atoms with E-state index in [1.54, 1.807) is 19.5 Å². The molecule has 1 N–H and O–H groups in total. The van der Waals surface area contributed by atoms with E-state index in [4.69, 9.17) is 4.74 Å². The standard InChI is InChI=1S/C17H21N3O2/c1-20(12-9-14-7-10-18-11-8-14)13-17(21)19-15-3-5-16(22-2)6-4-15/h3-8,10-11H,9,12-13H2,1-2H3,(H,19,21). The highest BCUT2D eigenvalue weighted by molar-refractivity contribution is 5.92. The van der Waals surface area contributed by atoms with Crippen molar-refractivity contribution in [2.45, 2.75) is 6.42 Å². The molecule has 22 heavy (non-hydrogen) atoms. The number of nitrogens with zero attached hydrogens (tertiary/aromatic N) is 2. The van der Waals surface area contributed by atoms with Gasteiger partial charge in [-0.1, -0.05) is 0 Å². The molecule has 0 spiro atoms. The number of pyridine rings is 1. The zero-order chi connectivity index (χ0) is 15.8. The van der Waals surface area contributed by atoms with Crippen LogP contribution in [0, 0.1) is 0 Å². The Labute approximate surface area is 130 Å². The Morgan fingerprint density at radius 2 is 1.86 bits per heavy atom. The SMILES string of the molecule is COc1ccc(NC(=O)CN(C)CCc2ccncc2)cc1. The molecule has 0 saturated heterocycles. The minimum Gasteiger partial charge on any atom is -0.497 e. The zero-order valence-corrected chi connectivity index (χ0v) is 13.0. The Bertz CT molecular complexity index is 585. The van der Waals surface area contributed by atoms with Crippen molar-refractivity contribution in [3.63, 3.8) is 0 Å². The molecule has 1 heterocycles. The van der Waals surface area contributed by atoms with Crippen LogP contribution in [0.1, 0.15) is 5.56 Å². The van der Waals surface area contributed by atoms with Gasteiger partial charge in [-0.3, -0.25) is 14.7 Å². The van der Waals surface area contributed by atoms with Gasteiger partial charge in [0, 0.05) is 24.6 Å². The number of hydrogen-bond acceptors (Lipinski definition) is 4. The molecule has 1 amide bonds. The van der Waals surface area contributed by atoms with Crippen molar-refractivity contribution in [2.24, 2.45) is 0 Å². The van der Waals surface area contributed by atoms with E-state index < -0.39 is 0 Å². The molecule has 0 saturated carbocycles. The van der Waals surface area contributed by atoms with Crippen LogP contribution in [0.25, 0.3) is 0 Å². The van der Waals surface area contributed by atoms with Gasteiger partial charge in [-0.2, -0.15) is 0 Å². The van der Waals surface area contributed by atoms with Crippen LogP contribution in [0.4, 0.5) is 5.69 Å². The molecule has 1 aromatic carbocycles. The summed E-state index contributed by atoms with van der Waals surface area (Å²) in [5, 5.41) is 2.88. The quantitative estimate of drug-likeness (QED) is 0.851. The van der Waals surface area contributed by atoms with Gasteiger partial charge in [0.15, 0.2) is 0 Å². The first-order valence-electron chi connectivity index (χ1n) is 7.19. The van der Waals surface area contributed by atoms with Gasteiger partial charge >= 0.3 is 0 Å². The van der Waals surface area contributed by atoms with Crippen LogP contribution in [0.15, 0.2) is 48.8 Å². The third-order valence-corrected chi connectivity index (χ3v) is 3.32. The van der Waals surface area contributed by atoms with Crippen LogP contribution in [-0.4, -0.2) is 43.0 Å². The Morgan fingerprint density at radius 1 is 1.18 bits per heavy atom. The number of nitrogens with one attached hydrogen (secondary N) is 1. The molecule has 2 rings (SSSR count). The van der Waals surface area contributed by atoms with Crippen molar-refractivity contribution in [3.05, 3.63) is 54.4 Å². The van der Waals surface area contributed by atoms with Crippen LogP contribution >= 0.6 is 0 Å². The highest BCUT2D eigenvalue weighted by Crippen LogP contribution is 2.14. The van der Waals surface area contributed by atoms with Gasteiger partial charge in [0.2, 0.25) is 5.91 Å². The lowest BCUT2D eigenvalue weighted by Gasteiger charge is -2.16.